The highest BCUT2D eigenvalue weighted by atomic mass is 35.5. The normalized spacial score (nSPS) is 16.5. The number of halogens is 2. The summed E-state index contributed by atoms with van der Waals surface area (Å²) < 4.78 is 0. The largest absolute Gasteiger partial charge is 0.368 e. The maximum atomic E-state index is 12.5. The number of benzene rings is 2. The Morgan fingerprint density at radius 3 is 2.28 bits per heavy atom. The molecule has 3 rings (SSSR count). The van der Waals surface area contributed by atoms with E-state index >= 15 is 0 Å². The zero-order chi connectivity index (χ0) is 17.8. The Bertz CT molecular complexity index is 728. The van der Waals surface area contributed by atoms with Gasteiger partial charge in [0.05, 0.1) is 16.8 Å². The van der Waals surface area contributed by atoms with Crippen molar-refractivity contribution in [3.63, 3.8) is 0 Å². The Hall–Kier alpha value is -1.75. The molecule has 4 nitrogen and oxygen atoms in total. The van der Waals surface area contributed by atoms with Gasteiger partial charge in [-0.25, -0.2) is 0 Å². The van der Waals surface area contributed by atoms with Gasteiger partial charge < -0.3 is 10.2 Å². The van der Waals surface area contributed by atoms with E-state index in [2.05, 4.69) is 15.1 Å². The quantitative estimate of drug-likeness (QED) is 0.869. The van der Waals surface area contributed by atoms with Crippen molar-refractivity contribution < 1.29 is 4.79 Å². The first-order valence-electron chi connectivity index (χ1n) is 8.34. The third-order valence-corrected chi connectivity index (χ3v) is 5.12. The number of para-hydroxylation sites is 1. The molecule has 2 aromatic rings. The second kappa shape index (κ2) is 8.09. The minimum atomic E-state index is -0.191. The molecule has 1 heterocycles. The van der Waals surface area contributed by atoms with Crippen molar-refractivity contribution in [2.45, 2.75) is 13.0 Å². The molecule has 6 heteroatoms. The Kier molecular flexibility index (Phi) is 5.84. The van der Waals surface area contributed by atoms with Gasteiger partial charge in [0.1, 0.15) is 0 Å². The van der Waals surface area contributed by atoms with Gasteiger partial charge in [-0.2, -0.15) is 0 Å². The molecule has 0 unspecified atom stereocenters. The van der Waals surface area contributed by atoms with E-state index in [-0.39, 0.29) is 11.9 Å². The molecule has 1 atom stereocenters. The fraction of sp³-hybridized carbons (Fsp3) is 0.316. The van der Waals surface area contributed by atoms with Gasteiger partial charge in [0, 0.05) is 36.9 Å². The molecule has 1 aliphatic heterocycles. The summed E-state index contributed by atoms with van der Waals surface area (Å²) in [6.45, 7) is 5.28. The van der Waals surface area contributed by atoms with Crippen LogP contribution in [0.4, 0.5) is 11.4 Å². The van der Waals surface area contributed by atoms with E-state index < -0.39 is 0 Å². The van der Waals surface area contributed by atoms with Crippen LogP contribution in [0.1, 0.15) is 6.92 Å². The van der Waals surface area contributed by atoms with Crippen molar-refractivity contribution in [1.82, 2.24) is 4.90 Å². The number of nitrogens with one attached hydrogen (secondary N) is 1. The van der Waals surface area contributed by atoms with Crippen molar-refractivity contribution in [2.75, 3.05) is 36.4 Å². The van der Waals surface area contributed by atoms with Gasteiger partial charge in [-0.15, -0.1) is 0 Å². The molecule has 1 amide bonds. The van der Waals surface area contributed by atoms with Gasteiger partial charge >= 0.3 is 0 Å². The highest BCUT2D eigenvalue weighted by Crippen LogP contribution is 2.26. The molecule has 25 heavy (non-hydrogen) atoms. The Morgan fingerprint density at radius 2 is 1.64 bits per heavy atom. The smallest absolute Gasteiger partial charge is 0.241 e. The summed E-state index contributed by atoms with van der Waals surface area (Å²) in [5.41, 5.74) is 1.82. The van der Waals surface area contributed by atoms with Crippen LogP contribution in [0.3, 0.4) is 0 Å². The first kappa shape index (κ1) is 18.1. The van der Waals surface area contributed by atoms with E-state index in [0.717, 1.165) is 42.6 Å². The molecule has 132 valence electrons. The standard InChI is InChI=1S/C19H21Cl2N3O/c1-14(19(25)22-16-8-6-15(20)7-9-16)23-10-12-24(13-11-23)18-5-3-2-4-17(18)21/h2-9,14H,10-13H2,1H3,(H,22,25)/t14-/m1/s1. The zero-order valence-electron chi connectivity index (χ0n) is 14.1. The van der Waals surface area contributed by atoms with E-state index in [4.69, 9.17) is 23.2 Å². The van der Waals surface area contributed by atoms with Crippen LogP contribution in [-0.4, -0.2) is 43.0 Å². The molecular weight excluding hydrogens is 357 g/mol. The number of hydrogen-bond donors (Lipinski definition) is 1. The molecule has 0 saturated carbocycles. The van der Waals surface area contributed by atoms with Crippen LogP contribution < -0.4 is 10.2 Å². The lowest BCUT2D eigenvalue weighted by molar-refractivity contribution is -0.120. The summed E-state index contributed by atoms with van der Waals surface area (Å²) in [4.78, 5) is 16.9. The van der Waals surface area contributed by atoms with Crippen molar-refractivity contribution >= 4 is 40.5 Å². The SMILES string of the molecule is C[C@H](C(=O)Nc1ccc(Cl)cc1)N1CCN(c2ccccc2Cl)CC1. The number of rotatable bonds is 4. The summed E-state index contributed by atoms with van der Waals surface area (Å²) in [5, 5.41) is 4.37. The minimum Gasteiger partial charge on any atom is -0.368 e. The fourth-order valence-electron chi connectivity index (χ4n) is 3.00. The van der Waals surface area contributed by atoms with E-state index in [1.54, 1.807) is 12.1 Å². The van der Waals surface area contributed by atoms with Crippen LogP contribution in [0, 0.1) is 0 Å². The third-order valence-electron chi connectivity index (χ3n) is 4.55. The molecule has 2 aromatic carbocycles. The van der Waals surface area contributed by atoms with E-state index in [1.807, 2.05) is 43.3 Å². The molecule has 0 aromatic heterocycles. The van der Waals surface area contributed by atoms with E-state index in [1.165, 1.54) is 0 Å². The number of amides is 1. The van der Waals surface area contributed by atoms with Crippen LogP contribution in [0.2, 0.25) is 10.0 Å². The van der Waals surface area contributed by atoms with Crippen molar-refractivity contribution in [3.8, 4) is 0 Å². The Morgan fingerprint density at radius 1 is 1.00 bits per heavy atom. The summed E-state index contributed by atoms with van der Waals surface area (Å²) in [6.07, 6.45) is 0. The summed E-state index contributed by atoms with van der Waals surface area (Å²) in [5.74, 6) is -0.00600. The molecule has 0 radical (unpaired) electrons. The number of anilines is 2. The number of nitrogens with zero attached hydrogens (tertiary/aromatic N) is 2. The van der Waals surface area contributed by atoms with Gasteiger partial charge in [-0.05, 0) is 43.3 Å². The third kappa shape index (κ3) is 4.46. The van der Waals surface area contributed by atoms with Gasteiger partial charge in [0.25, 0.3) is 0 Å². The van der Waals surface area contributed by atoms with Crippen LogP contribution in [0.5, 0.6) is 0 Å². The monoisotopic (exact) mass is 377 g/mol. The maximum absolute atomic E-state index is 12.5. The average Bonchev–Trinajstić information content (AvgIpc) is 2.63. The lowest BCUT2D eigenvalue weighted by Gasteiger charge is -2.38. The van der Waals surface area contributed by atoms with Crippen molar-refractivity contribution in [3.05, 3.63) is 58.6 Å². The number of piperazine rings is 1. The van der Waals surface area contributed by atoms with Gasteiger partial charge in [-0.3, -0.25) is 9.69 Å². The van der Waals surface area contributed by atoms with Gasteiger partial charge in [0.2, 0.25) is 5.91 Å². The minimum absolute atomic E-state index is 0.00600. The highest BCUT2D eigenvalue weighted by Gasteiger charge is 2.26. The summed E-state index contributed by atoms with van der Waals surface area (Å²) in [6, 6.07) is 14.8. The topological polar surface area (TPSA) is 35.6 Å². The summed E-state index contributed by atoms with van der Waals surface area (Å²) >= 11 is 12.2. The van der Waals surface area contributed by atoms with E-state index in [0.29, 0.717) is 5.02 Å². The molecule has 0 bridgehead atoms. The lowest BCUT2D eigenvalue weighted by Crippen LogP contribution is -2.52. The van der Waals surface area contributed by atoms with Crippen molar-refractivity contribution in [1.29, 1.82) is 0 Å². The van der Waals surface area contributed by atoms with Crippen LogP contribution in [-0.2, 0) is 4.79 Å². The molecule has 1 saturated heterocycles. The first-order chi connectivity index (χ1) is 12.0. The Balaban J connectivity index is 1.56. The van der Waals surface area contributed by atoms with Crippen LogP contribution in [0.15, 0.2) is 48.5 Å². The average molecular weight is 378 g/mol. The first-order valence-corrected chi connectivity index (χ1v) is 9.10. The highest BCUT2D eigenvalue weighted by molar-refractivity contribution is 6.33. The fourth-order valence-corrected chi connectivity index (χ4v) is 3.39. The number of carbonyl (C=O) groups is 1. The molecule has 0 aliphatic carbocycles. The number of carbonyl (C=O) groups excluding carboxylic acids is 1. The maximum Gasteiger partial charge on any atom is 0.241 e. The predicted molar refractivity (Wildman–Crippen MR) is 105 cm³/mol. The van der Waals surface area contributed by atoms with Crippen molar-refractivity contribution in [2.24, 2.45) is 0 Å². The molecule has 0 spiro atoms. The molecule has 1 fully saturated rings. The van der Waals surface area contributed by atoms with E-state index in [9.17, 15) is 4.79 Å². The zero-order valence-corrected chi connectivity index (χ0v) is 15.6. The molecule has 1 aliphatic rings. The predicted octanol–water partition coefficient (Wildman–Crippen LogP) is 4.14. The Labute approximate surface area is 158 Å². The molecule has 1 N–H and O–H groups in total. The lowest BCUT2D eigenvalue weighted by atomic mass is 10.2. The number of hydrogen-bond acceptors (Lipinski definition) is 3. The van der Waals surface area contributed by atoms with Crippen LogP contribution in [0.25, 0.3) is 0 Å². The van der Waals surface area contributed by atoms with Crippen LogP contribution >= 0.6 is 23.2 Å². The molecular formula is C19H21Cl2N3O. The second-order valence-corrected chi connectivity index (χ2v) is 6.99. The van der Waals surface area contributed by atoms with Gasteiger partial charge in [0.15, 0.2) is 0 Å². The second-order valence-electron chi connectivity index (χ2n) is 6.15. The summed E-state index contributed by atoms with van der Waals surface area (Å²) in [7, 11) is 0. The van der Waals surface area contributed by atoms with Gasteiger partial charge in [-0.1, -0.05) is 35.3 Å².